The third-order valence-corrected chi connectivity index (χ3v) is 2.84. The highest BCUT2D eigenvalue weighted by Gasteiger charge is 2.34. The Kier molecular flexibility index (Phi) is 3.14. The standard InChI is InChI=1S/C10H14N2O5/c1-5-3-12(10(16)11-9(5)15)8-2-6(14)7(4-13)17-8/h3,6-8,13-14H,2,4H2,1H3,(H,11,15,16)/t6-,7+,8-/m0/s1. The molecule has 0 bridgehead atoms. The molecule has 17 heavy (non-hydrogen) atoms. The summed E-state index contributed by atoms with van der Waals surface area (Å²) in [6, 6.07) is 0. The molecule has 1 aliphatic rings. The lowest BCUT2D eigenvalue weighted by atomic mass is 10.2. The largest absolute Gasteiger partial charge is 0.394 e. The van der Waals surface area contributed by atoms with Crippen molar-refractivity contribution in [3.05, 3.63) is 32.6 Å². The van der Waals surface area contributed by atoms with Gasteiger partial charge in [0.05, 0.1) is 12.7 Å². The lowest BCUT2D eigenvalue weighted by molar-refractivity contribution is -0.0459. The van der Waals surface area contributed by atoms with Gasteiger partial charge >= 0.3 is 5.69 Å². The predicted molar refractivity (Wildman–Crippen MR) is 57.7 cm³/mol. The van der Waals surface area contributed by atoms with Crippen LogP contribution < -0.4 is 11.2 Å². The summed E-state index contributed by atoms with van der Waals surface area (Å²) >= 11 is 0. The van der Waals surface area contributed by atoms with E-state index in [0.29, 0.717) is 5.56 Å². The Morgan fingerprint density at radius 3 is 2.88 bits per heavy atom. The number of nitrogens with zero attached hydrogens (tertiary/aromatic N) is 1. The van der Waals surface area contributed by atoms with Gasteiger partial charge in [-0.25, -0.2) is 4.79 Å². The summed E-state index contributed by atoms with van der Waals surface area (Å²) in [5.74, 6) is 0. The zero-order valence-electron chi connectivity index (χ0n) is 9.29. The highest BCUT2D eigenvalue weighted by Crippen LogP contribution is 2.27. The van der Waals surface area contributed by atoms with E-state index in [-0.39, 0.29) is 13.0 Å². The maximum absolute atomic E-state index is 11.6. The SMILES string of the molecule is Cc1cn([C@@H]2C[C@H](O)[C@@H](CO)O2)c(=O)[nH]c1=O. The quantitative estimate of drug-likeness (QED) is 0.584. The van der Waals surface area contributed by atoms with E-state index in [4.69, 9.17) is 9.84 Å². The van der Waals surface area contributed by atoms with Crippen LogP contribution >= 0.6 is 0 Å². The number of rotatable bonds is 2. The van der Waals surface area contributed by atoms with Gasteiger partial charge < -0.3 is 14.9 Å². The molecule has 2 rings (SSSR count). The normalized spacial score (nSPS) is 28.5. The van der Waals surface area contributed by atoms with Crippen molar-refractivity contribution in [2.24, 2.45) is 0 Å². The first kappa shape index (κ1) is 12.0. The number of aryl methyl sites for hydroxylation is 1. The van der Waals surface area contributed by atoms with Crippen molar-refractivity contribution in [2.45, 2.75) is 31.8 Å². The van der Waals surface area contributed by atoms with Crippen LogP contribution in [0.4, 0.5) is 0 Å². The fourth-order valence-corrected chi connectivity index (χ4v) is 1.85. The predicted octanol–water partition coefficient (Wildman–Crippen LogP) is -1.51. The van der Waals surface area contributed by atoms with Gasteiger partial charge in [-0.05, 0) is 6.92 Å². The molecule has 7 heteroatoms. The van der Waals surface area contributed by atoms with Gasteiger partial charge in [-0.15, -0.1) is 0 Å². The molecule has 0 unspecified atom stereocenters. The molecule has 3 N–H and O–H groups in total. The van der Waals surface area contributed by atoms with Crippen molar-refractivity contribution in [2.75, 3.05) is 6.61 Å². The summed E-state index contributed by atoms with van der Waals surface area (Å²) in [6.45, 7) is 1.26. The van der Waals surface area contributed by atoms with E-state index in [2.05, 4.69) is 4.98 Å². The van der Waals surface area contributed by atoms with Gasteiger partial charge in [-0.1, -0.05) is 0 Å². The molecular weight excluding hydrogens is 228 g/mol. The number of aliphatic hydroxyl groups excluding tert-OH is 2. The molecule has 7 nitrogen and oxygen atoms in total. The van der Waals surface area contributed by atoms with Gasteiger partial charge in [0.1, 0.15) is 12.3 Å². The van der Waals surface area contributed by atoms with Crippen LogP contribution in [0.2, 0.25) is 0 Å². The third-order valence-electron chi connectivity index (χ3n) is 2.84. The molecule has 0 aromatic carbocycles. The number of aromatic amines is 1. The molecule has 0 aliphatic carbocycles. The third kappa shape index (κ3) is 2.17. The Hall–Kier alpha value is -1.44. The zero-order valence-corrected chi connectivity index (χ0v) is 9.29. The molecule has 0 amide bonds. The van der Waals surface area contributed by atoms with E-state index >= 15 is 0 Å². The van der Waals surface area contributed by atoms with E-state index < -0.39 is 29.7 Å². The number of nitrogens with one attached hydrogen (secondary N) is 1. The fraction of sp³-hybridized carbons (Fsp3) is 0.600. The number of H-pyrrole nitrogens is 1. The summed E-state index contributed by atoms with van der Waals surface area (Å²) < 4.78 is 6.54. The van der Waals surface area contributed by atoms with Crippen LogP contribution in [-0.4, -0.2) is 38.6 Å². The maximum atomic E-state index is 11.6. The summed E-state index contributed by atoms with van der Waals surface area (Å²) in [5, 5.41) is 18.5. The summed E-state index contributed by atoms with van der Waals surface area (Å²) in [6.07, 6.45) is -0.581. The van der Waals surface area contributed by atoms with Crippen molar-refractivity contribution in [3.8, 4) is 0 Å². The van der Waals surface area contributed by atoms with Gasteiger partial charge in [-0.2, -0.15) is 0 Å². The topological polar surface area (TPSA) is 105 Å². The highest BCUT2D eigenvalue weighted by atomic mass is 16.5. The minimum atomic E-state index is -0.816. The summed E-state index contributed by atoms with van der Waals surface area (Å²) in [4.78, 5) is 24.9. The number of hydrogen-bond donors (Lipinski definition) is 3. The first-order valence-corrected chi connectivity index (χ1v) is 5.29. The van der Waals surface area contributed by atoms with Gasteiger partial charge in [0.25, 0.3) is 5.56 Å². The van der Waals surface area contributed by atoms with Crippen LogP contribution in [0.25, 0.3) is 0 Å². The highest BCUT2D eigenvalue weighted by molar-refractivity contribution is 5.02. The Balaban J connectivity index is 2.34. The van der Waals surface area contributed by atoms with E-state index in [1.54, 1.807) is 6.92 Å². The monoisotopic (exact) mass is 242 g/mol. The van der Waals surface area contributed by atoms with Crippen LogP contribution in [-0.2, 0) is 4.74 Å². The zero-order chi connectivity index (χ0) is 12.6. The minimum Gasteiger partial charge on any atom is -0.394 e. The summed E-state index contributed by atoms with van der Waals surface area (Å²) in [7, 11) is 0. The molecule has 1 aromatic heterocycles. The van der Waals surface area contributed by atoms with Crippen molar-refractivity contribution in [1.29, 1.82) is 0 Å². The van der Waals surface area contributed by atoms with Gasteiger partial charge in [0.2, 0.25) is 0 Å². The molecule has 1 aliphatic heterocycles. The van der Waals surface area contributed by atoms with Crippen molar-refractivity contribution >= 4 is 0 Å². The second-order valence-corrected chi connectivity index (χ2v) is 4.09. The molecule has 0 saturated carbocycles. The van der Waals surface area contributed by atoms with Crippen LogP contribution in [0.15, 0.2) is 15.8 Å². The molecule has 2 heterocycles. The molecule has 3 atom stereocenters. The smallest absolute Gasteiger partial charge is 0.330 e. The van der Waals surface area contributed by atoms with Gasteiger partial charge in [-0.3, -0.25) is 14.3 Å². The van der Waals surface area contributed by atoms with E-state index in [0.717, 1.165) is 0 Å². The Bertz CT molecular complexity index is 520. The van der Waals surface area contributed by atoms with Crippen molar-refractivity contribution in [3.63, 3.8) is 0 Å². The lowest BCUT2D eigenvalue weighted by Gasteiger charge is -2.14. The number of aliphatic hydroxyl groups is 2. The molecule has 0 radical (unpaired) electrons. The first-order valence-electron chi connectivity index (χ1n) is 5.29. The molecule has 1 fully saturated rings. The lowest BCUT2D eigenvalue weighted by Crippen LogP contribution is -2.33. The number of aromatic nitrogens is 2. The maximum Gasteiger partial charge on any atom is 0.330 e. The fourth-order valence-electron chi connectivity index (χ4n) is 1.85. The second-order valence-electron chi connectivity index (χ2n) is 4.09. The Morgan fingerprint density at radius 2 is 2.29 bits per heavy atom. The summed E-state index contributed by atoms with van der Waals surface area (Å²) in [5.41, 5.74) is -0.643. The first-order chi connectivity index (χ1) is 8.02. The number of hydrogen-bond acceptors (Lipinski definition) is 5. The molecule has 1 aromatic rings. The number of ether oxygens (including phenoxy) is 1. The Morgan fingerprint density at radius 1 is 1.59 bits per heavy atom. The Labute approximate surface area is 96.3 Å². The van der Waals surface area contributed by atoms with Gasteiger partial charge in [0, 0.05) is 18.2 Å². The average Bonchev–Trinajstić information content (AvgIpc) is 2.65. The van der Waals surface area contributed by atoms with Gasteiger partial charge in [0.15, 0.2) is 0 Å². The molecule has 1 saturated heterocycles. The second kappa shape index (κ2) is 4.44. The average molecular weight is 242 g/mol. The van der Waals surface area contributed by atoms with Crippen molar-refractivity contribution < 1.29 is 14.9 Å². The van der Waals surface area contributed by atoms with E-state index in [9.17, 15) is 14.7 Å². The molecule has 0 spiro atoms. The molecular formula is C10H14N2O5. The molecule has 94 valence electrons. The van der Waals surface area contributed by atoms with Crippen LogP contribution in [0.5, 0.6) is 0 Å². The van der Waals surface area contributed by atoms with Crippen LogP contribution in [0, 0.1) is 6.92 Å². The van der Waals surface area contributed by atoms with Crippen LogP contribution in [0.1, 0.15) is 18.2 Å². The minimum absolute atomic E-state index is 0.205. The van der Waals surface area contributed by atoms with Crippen LogP contribution in [0.3, 0.4) is 0 Å². The van der Waals surface area contributed by atoms with E-state index in [1.165, 1.54) is 10.8 Å². The van der Waals surface area contributed by atoms with Crippen molar-refractivity contribution in [1.82, 2.24) is 9.55 Å². The van der Waals surface area contributed by atoms with E-state index in [1.807, 2.05) is 0 Å².